The second kappa shape index (κ2) is 5.63. The van der Waals surface area contributed by atoms with Gasteiger partial charge in [-0.15, -0.1) is 0 Å². The lowest BCUT2D eigenvalue weighted by molar-refractivity contribution is 0.595. The minimum absolute atomic E-state index is 0.118. The zero-order valence-electron chi connectivity index (χ0n) is 11.2. The molecule has 0 spiro atoms. The van der Waals surface area contributed by atoms with Crippen molar-refractivity contribution in [2.75, 3.05) is 0 Å². The lowest BCUT2D eigenvalue weighted by atomic mass is 10.2. The maximum absolute atomic E-state index is 11.8. The molecular formula is C12H15BrN4O2S. The van der Waals surface area contributed by atoms with E-state index in [4.69, 9.17) is 5.14 Å². The first kappa shape index (κ1) is 15.1. The largest absolute Gasteiger partial charge is 0.241 e. The number of pyridine rings is 1. The molecule has 2 aromatic rings. The number of halogens is 1. The minimum Gasteiger partial charge on any atom is -0.236 e. The zero-order valence-corrected chi connectivity index (χ0v) is 13.6. The SMILES string of the molecule is CCc1nn(-c2ccc(Br)cn2)c(CC)c1S(N)(=O)=O. The van der Waals surface area contributed by atoms with Gasteiger partial charge in [0.25, 0.3) is 0 Å². The molecule has 0 aromatic carbocycles. The summed E-state index contributed by atoms with van der Waals surface area (Å²) in [6.45, 7) is 3.70. The van der Waals surface area contributed by atoms with E-state index in [-0.39, 0.29) is 4.90 Å². The van der Waals surface area contributed by atoms with Crippen molar-refractivity contribution in [2.24, 2.45) is 5.14 Å². The minimum atomic E-state index is -3.80. The number of aromatic nitrogens is 3. The van der Waals surface area contributed by atoms with Crippen LogP contribution < -0.4 is 5.14 Å². The molecule has 0 amide bonds. The van der Waals surface area contributed by atoms with Crippen LogP contribution in [-0.2, 0) is 22.9 Å². The molecule has 0 radical (unpaired) electrons. The van der Waals surface area contributed by atoms with E-state index in [1.807, 2.05) is 19.9 Å². The van der Waals surface area contributed by atoms with E-state index in [0.29, 0.717) is 30.0 Å². The Bertz CT molecular complexity index is 723. The molecule has 2 rings (SSSR count). The lowest BCUT2D eigenvalue weighted by Gasteiger charge is -2.06. The monoisotopic (exact) mass is 358 g/mol. The quantitative estimate of drug-likeness (QED) is 0.901. The topological polar surface area (TPSA) is 90.9 Å². The summed E-state index contributed by atoms with van der Waals surface area (Å²) in [5.74, 6) is 0.564. The highest BCUT2D eigenvalue weighted by molar-refractivity contribution is 9.10. The van der Waals surface area contributed by atoms with Crippen molar-refractivity contribution in [1.29, 1.82) is 0 Å². The van der Waals surface area contributed by atoms with E-state index in [2.05, 4.69) is 26.0 Å². The number of rotatable bonds is 4. The Balaban J connectivity index is 2.72. The van der Waals surface area contributed by atoms with Crippen molar-refractivity contribution in [3.05, 3.63) is 34.2 Å². The third-order valence-corrected chi connectivity index (χ3v) is 4.39. The van der Waals surface area contributed by atoms with E-state index in [9.17, 15) is 8.42 Å². The van der Waals surface area contributed by atoms with Crippen molar-refractivity contribution in [2.45, 2.75) is 31.6 Å². The molecule has 108 valence electrons. The third kappa shape index (κ3) is 2.77. The van der Waals surface area contributed by atoms with E-state index >= 15 is 0 Å². The molecular weight excluding hydrogens is 344 g/mol. The molecule has 0 fully saturated rings. The van der Waals surface area contributed by atoms with Gasteiger partial charge in [-0.3, -0.25) is 0 Å². The zero-order chi connectivity index (χ0) is 14.9. The number of primary sulfonamides is 1. The van der Waals surface area contributed by atoms with Gasteiger partial charge in [-0.1, -0.05) is 13.8 Å². The Labute approximate surface area is 126 Å². The standard InChI is InChI=1S/C12H15BrN4O2S/c1-3-9-12(20(14,18)19)10(4-2)17(16-9)11-6-5-8(13)7-15-11/h5-7H,3-4H2,1-2H3,(H2,14,18,19). The molecule has 2 aromatic heterocycles. The van der Waals surface area contributed by atoms with Crippen molar-refractivity contribution in [3.8, 4) is 5.82 Å². The fourth-order valence-corrected chi connectivity index (χ4v) is 3.35. The Kier molecular flexibility index (Phi) is 4.26. The molecule has 0 aliphatic heterocycles. The highest BCUT2D eigenvalue weighted by Gasteiger charge is 2.25. The van der Waals surface area contributed by atoms with Crippen LogP contribution in [0.2, 0.25) is 0 Å². The molecule has 0 saturated carbocycles. The predicted octanol–water partition coefficient (Wildman–Crippen LogP) is 1.80. The molecule has 8 heteroatoms. The number of aryl methyl sites for hydroxylation is 1. The van der Waals surface area contributed by atoms with Gasteiger partial charge in [-0.25, -0.2) is 23.2 Å². The number of nitrogens with zero attached hydrogens (tertiary/aromatic N) is 3. The number of hydrogen-bond acceptors (Lipinski definition) is 4. The highest BCUT2D eigenvalue weighted by atomic mass is 79.9. The summed E-state index contributed by atoms with van der Waals surface area (Å²) in [6, 6.07) is 3.59. The van der Waals surface area contributed by atoms with Gasteiger partial charge in [0.1, 0.15) is 4.90 Å². The van der Waals surface area contributed by atoms with Gasteiger partial charge >= 0.3 is 0 Å². The molecule has 0 aliphatic rings. The van der Waals surface area contributed by atoms with Crippen LogP contribution in [0.4, 0.5) is 0 Å². The van der Waals surface area contributed by atoms with Crippen LogP contribution >= 0.6 is 15.9 Å². The van der Waals surface area contributed by atoms with Gasteiger partial charge in [0.2, 0.25) is 10.0 Å². The van der Waals surface area contributed by atoms with Crippen molar-refractivity contribution >= 4 is 26.0 Å². The summed E-state index contributed by atoms with van der Waals surface area (Å²) in [5.41, 5.74) is 1.02. The van der Waals surface area contributed by atoms with Crippen LogP contribution in [0.15, 0.2) is 27.7 Å². The molecule has 0 aliphatic carbocycles. The maximum Gasteiger partial charge on any atom is 0.241 e. The lowest BCUT2D eigenvalue weighted by Crippen LogP contribution is -2.16. The van der Waals surface area contributed by atoms with E-state index in [1.165, 1.54) is 0 Å². The summed E-state index contributed by atoms with van der Waals surface area (Å²) in [4.78, 5) is 4.36. The van der Waals surface area contributed by atoms with Crippen LogP contribution in [0.1, 0.15) is 25.2 Å². The normalized spacial score (nSPS) is 11.8. The highest BCUT2D eigenvalue weighted by Crippen LogP contribution is 2.23. The van der Waals surface area contributed by atoms with Crippen molar-refractivity contribution < 1.29 is 8.42 Å². The Hall–Kier alpha value is -1.25. The summed E-state index contributed by atoms with van der Waals surface area (Å²) >= 11 is 3.31. The first-order valence-electron chi connectivity index (χ1n) is 6.14. The predicted molar refractivity (Wildman–Crippen MR) is 79.2 cm³/mol. The first-order chi connectivity index (χ1) is 9.38. The summed E-state index contributed by atoms with van der Waals surface area (Å²) in [6.07, 6.45) is 2.62. The van der Waals surface area contributed by atoms with E-state index < -0.39 is 10.0 Å². The molecule has 0 bridgehead atoms. The Morgan fingerprint density at radius 1 is 1.30 bits per heavy atom. The van der Waals surface area contributed by atoms with Gasteiger partial charge in [0.15, 0.2) is 5.82 Å². The second-order valence-electron chi connectivity index (χ2n) is 4.22. The maximum atomic E-state index is 11.8. The second-order valence-corrected chi connectivity index (χ2v) is 6.63. The van der Waals surface area contributed by atoms with Gasteiger partial charge in [-0.05, 0) is 40.9 Å². The van der Waals surface area contributed by atoms with Crippen molar-refractivity contribution in [1.82, 2.24) is 14.8 Å². The smallest absolute Gasteiger partial charge is 0.236 e. The molecule has 20 heavy (non-hydrogen) atoms. The summed E-state index contributed by atoms with van der Waals surface area (Å²) in [5, 5.41) is 9.66. The number of nitrogens with two attached hydrogens (primary N) is 1. The Morgan fingerprint density at radius 3 is 2.45 bits per heavy atom. The first-order valence-corrected chi connectivity index (χ1v) is 8.47. The van der Waals surface area contributed by atoms with Gasteiger partial charge in [-0.2, -0.15) is 5.10 Å². The van der Waals surface area contributed by atoms with Crippen molar-refractivity contribution in [3.63, 3.8) is 0 Å². The Morgan fingerprint density at radius 2 is 2.00 bits per heavy atom. The van der Waals surface area contributed by atoms with Crippen LogP contribution in [0.3, 0.4) is 0 Å². The van der Waals surface area contributed by atoms with Crippen LogP contribution in [0.5, 0.6) is 0 Å². The number of hydrogen-bond donors (Lipinski definition) is 1. The summed E-state index contributed by atoms with van der Waals surface area (Å²) in [7, 11) is -3.80. The fraction of sp³-hybridized carbons (Fsp3) is 0.333. The van der Waals surface area contributed by atoms with Gasteiger partial charge < -0.3 is 0 Å². The van der Waals surface area contributed by atoms with Gasteiger partial charge in [0.05, 0.1) is 11.4 Å². The van der Waals surface area contributed by atoms with Crippen LogP contribution in [-0.4, -0.2) is 23.2 Å². The van der Waals surface area contributed by atoms with Crippen LogP contribution in [0, 0.1) is 0 Å². The van der Waals surface area contributed by atoms with E-state index in [0.717, 1.165) is 4.47 Å². The fourth-order valence-electron chi connectivity index (χ4n) is 2.04. The van der Waals surface area contributed by atoms with Gasteiger partial charge in [0, 0.05) is 10.7 Å². The molecule has 2 heterocycles. The van der Waals surface area contributed by atoms with Crippen LogP contribution in [0.25, 0.3) is 5.82 Å². The third-order valence-electron chi connectivity index (χ3n) is 2.88. The average molecular weight is 359 g/mol. The average Bonchev–Trinajstić information content (AvgIpc) is 2.78. The molecule has 0 saturated heterocycles. The van der Waals surface area contributed by atoms with E-state index in [1.54, 1.807) is 16.9 Å². The number of sulfonamides is 1. The molecule has 6 nitrogen and oxygen atoms in total. The summed E-state index contributed by atoms with van der Waals surface area (Å²) < 4.78 is 26.0. The molecule has 0 atom stereocenters. The molecule has 2 N–H and O–H groups in total. The molecule has 0 unspecified atom stereocenters.